The number of hydrogen-bond acceptors (Lipinski definition) is 2. The van der Waals surface area contributed by atoms with Crippen molar-refractivity contribution < 1.29 is 0 Å². The lowest BCUT2D eigenvalue weighted by Gasteiger charge is -2.43. The van der Waals surface area contributed by atoms with E-state index in [9.17, 15) is 0 Å². The molecule has 2 heteroatoms. The molecular formula is C15H22N2. The van der Waals surface area contributed by atoms with Crippen molar-refractivity contribution in [3.05, 3.63) is 35.9 Å². The second-order valence-corrected chi connectivity index (χ2v) is 5.53. The minimum Gasteiger partial charge on any atom is -0.315 e. The minimum absolute atomic E-state index is 0.612. The lowest BCUT2D eigenvalue weighted by atomic mass is 9.81. The number of benzene rings is 1. The van der Waals surface area contributed by atoms with E-state index in [1.54, 1.807) is 0 Å². The molecule has 2 nitrogen and oxygen atoms in total. The van der Waals surface area contributed by atoms with Crippen LogP contribution in [-0.4, -0.2) is 37.1 Å². The summed E-state index contributed by atoms with van der Waals surface area (Å²) < 4.78 is 0. The Hall–Kier alpha value is -0.860. The molecule has 2 saturated heterocycles. The number of fused-ring (bicyclic) bond motifs is 2. The molecule has 0 saturated carbocycles. The first-order valence-corrected chi connectivity index (χ1v) is 6.75. The van der Waals surface area contributed by atoms with Crippen LogP contribution in [0.25, 0.3) is 0 Å². The standard InChI is InChI=1S/C15H22N2/c1-16-15-13(11-6-4-3-5-7-11)10-12-8-9-14(15)17(12)2/h3-7,12-16H,8-10H2,1-2H3/t12?,13-,14?,15?/m1/s1. The molecule has 1 aromatic rings. The summed E-state index contributed by atoms with van der Waals surface area (Å²) in [5, 5.41) is 3.57. The van der Waals surface area contributed by atoms with Gasteiger partial charge in [0.15, 0.2) is 0 Å². The van der Waals surface area contributed by atoms with Crippen LogP contribution >= 0.6 is 0 Å². The Morgan fingerprint density at radius 2 is 1.94 bits per heavy atom. The summed E-state index contributed by atoms with van der Waals surface area (Å²) in [5.74, 6) is 0.690. The summed E-state index contributed by atoms with van der Waals surface area (Å²) in [4.78, 5) is 2.60. The summed E-state index contributed by atoms with van der Waals surface area (Å²) in [5.41, 5.74) is 1.51. The Labute approximate surface area is 104 Å². The highest BCUT2D eigenvalue weighted by Crippen LogP contribution is 2.42. The summed E-state index contributed by atoms with van der Waals surface area (Å²) >= 11 is 0. The van der Waals surface area contributed by atoms with Crippen LogP contribution in [0.15, 0.2) is 30.3 Å². The van der Waals surface area contributed by atoms with Gasteiger partial charge < -0.3 is 5.32 Å². The van der Waals surface area contributed by atoms with Gasteiger partial charge in [-0.2, -0.15) is 0 Å². The molecule has 3 unspecified atom stereocenters. The fraction of sp³-hybridized carbons (Fsp3) is 0.600. The molecule has 0 spiro atoms. The number of rotatable bonds is 2. The highest BCUT2D eigenvalue weighted by atomic mass is 15.2. The van der Waals surface area contributed by atoms with Crippen LogP contribution < -0.4 is 5.32 Å². The van der Waals surface area contributed by atoms with Crippen LogP contribution in [0.4, 0.5) is 0 Å². The first kappa shape index (κ1) is 11.2. The molecule has 0 radical (unpaired) electrons. The smallest absolute Gasteiger partial charge is 0.0289 e. The van der Waals surface area contributed by atoms with Crippen molar-refractivity contribution in [1.29, 1.82) is 0 Å². The molecular weight excluding hydrogens is 208 g/mol. The zero-order valence-corrected chi connectivity index (χ0v) is 10.8. The molecule has 2 aliphatic rings. The molecule has 0 amide bonds. The summed E-state index contributed by atoms with van der Waals surface area (Å²) in [7, 11) is 4.42. The Morgan fingerprint density at radius 3 is 2.65 bits per heavy atom. The molecule has 1 aromatic carbocycles. The normalized spacial score (nSPS) is 37.3. The molecule has 2 heterocycles. The highest BCUT2D eigenvalue weighted by molar-refractivity contribution is 5.25. The number of piperidine rings is 1. The van der Waals surface area contributed by atoms with Crippen molar-refractivity contribution in [2.24, 2.45) is 0 Å². The van der Waals surface area contributed by atoms with Gasteiger partial charge in [-0.15, -0.1) is 0 Å². The Kier molecular flexibility index (Phi) is 2.93. The lowest BCUT2D eigenvalue weighted by molar-refractivity contribution is 0.125. The second-order valence-electron chi connectivity index (χ2n) is 5.53. The van der Waals surface area contributed by atoms with Crippen LogP contribution in [0.1, 0.15) is 30.7 Å². The van der Waals surface area contributed by atoms with Gasteiger partial charge in [-0.3, -0.25) is 4.90 Å². The zero-order chi connectivity index (χ0) is 11.8. The lowest BCUT2D eigenvalue weighted by Crippen LogP contribution is -2.54. The minimum atomic E-state index is 0.612. The number of likely N-dealkylation sites (N-methyl/N-ethyl adjacent to an activating group) is 2. The molecule has 17 heavy (non-hydrogen) atoms. The van der Waals surface area contributed by atoms with Crippen molar-refractivity contribution >= 4 is 0 Å². The zero-order valence-electron chi connectivity index (χ0n) is 10.8. The van der Waals surface area contributed by atoms with E-state index in [2.05, 4.69) is 54.6 Å². The van der Waals surface area contributed by atoms with Crippen LogP contribution in [0.2, 0.25) is 0 Å². The summed E-state index contributed by atoms with van der Waals surface area (Å²) in [6, 6.07) is 13.2. The fourth-order valence-corrected chi connectivity index (χ4v) is 3.90. The first-order chi connectivity index (χ1) is 8.31. The van der Waals surface area contributed by atoms with Crippen molar-refractivity contribution in [3.8, 4) is 0 Å². The van der Waals surface area contributed by atoms with Gasteiger partial charge in [-0.25, -0.2) is 0 Å². The highest BCUT2D eigenvalue weighted by Gasteiger charge is 2.45. The number of nitrogens with zero attached hydrogens (tertiary/aromatic N) is 1. The maximum atomic E-state index is 3.57. The maximum Gasteiger partial charge on any atom is 0.0289 e. The average Bonchev–Trinajstić information content (AvgIpc) is 2.64. The SMILES string of the molecule is CNC1C2CCC(C[C@@H]1c1ccccc1)N2C. The molecule has 2 fully saturated rings. The van der Waals surface area contributed by atoms with Gasteiger partial charge in [0.05, 0.1) is 0 Å². The van der Waals surface area contributed by atoms with Gasteiger partial charge in [0.2, 0.25) is 0 Å². The Morgan fingerprint density at radius 1 is 1.18 bits per heavy atom. The van der Waals surface area contributed by atoms with E-state index in [1.807, 2.05) is 0 Å². The summed E-state index contributed by atoms with van der Waals surface area (Å²) in [6.45, 7) is 0. The Balaban J connectivity index is 1.90. The molecule has 92 valence electrons. The van der Waals surface area contributed by atoms with E-state index in [0.717, 1.165) is 12.1 Å². The van der Waals surface area contributed by atoms with E-state index in [4.69, 9.17) is 0 Å². The van der Waals surface area contributed by atoms with Crippen LogP contribution in [0.5, 0.6) is 0 Å². The molecule has 4 atom stereocenters. The molecule has 3 rings (SSSR count). The predicted molar refractivity (Wildman–Crippen MR) is 71.2 cm³/mol. The van der Waals surface area contributed by atoms with Gasteiger partial charge in [0.25, 0.3) is 0 Å². The second kappa shape index (κ2) is 4.43. The maximum absolute atomic E-state index is 3.57. The fourth-order valence-electron chi connectivity index (χ4n) is 3.90. The Bertz CT molecular complexity index is 376. The predicted octanol–water partition coefficient (Wildman–Crippen LogP) is 2.22. The van der Waals surface area contributed by atoms with E-state index < -0.39 is 0 Å². The van der Waals surface area contributed by atoms with E-state index in [0.29, 0.717) is 12.0 Å². The topological polar surface area (TPSA) is 15.3 Å². The van der Waals surface area contributed by atoms with Gasteiger partial charge in [-0.1, -0.05) is 30.3 Å². The molecule has 2 aliphatic heterocycles. The van der Waals surface area contributed by atoms with Crippen molar-refractivity contribution in [3.63, 3.8) is 0 Å². The third kappa shape index (κ3) is 1.80. The van der Waals surface area contributed by atoms with Crippen LogP contribution in [-0.2, 0) is 0 Å². The monoisotopic (exact) mass is 230 g/mol. The van der Waals surface area contributed by atoms with E-state index in [1.165, 1.54) is 24.8 Å². The largest absolute Gasteiger partial charge is 0.315 e. The van der Waals surface area contributed by atoms with Crippen LogP contribution in [0, 0.1) is 0 Å². The first-order valence-electron chi connectivity index (χ1n) is 6.75. The third-order valence-electron chi connectivity index (χ3n) is 4.83. The van der Waals surface area contributed by atoms with Gasteiger partial charge in [0.1, 0.15) is 0 Å². The van der Waals surface area contributed by atoms with Crippen molar-refractivity contribution in [1.82, 2.24) is 10.2 Å². The van der Waals surface area contributed by atoms with Gasteiger partial charge in [0, 0.05) is 24.0 Å². The van der Waals surface area contributed by atoms with Gasteiger partial charge in [-0.05, 0) is 38.9 Å². The molecule has 0 aromatic heterocycles. The average molecular weight is 230 g/mol. The van der Waals surface area contributed by atoms with E-state index in [-0.39, 0.29) is 0 Å². The van der Waals surface area contributed by atoms with Crippen molar-refractivity contribution in [2.45, 2.75) is 43.3 Å². The van der Waals surface area contributed by atoms with Crippen LogP contribution in [0.3, 0.4) is 0 Å². The van der Waals surface area contributed by atoms with E-state index >= 15 is 0 Å². The number of hydrogen-bond donors (Lipinski definition) is 1. The molecule has 1 N–H and O–H groups in total. The summed E-state index contributed by atoms with van der Waals surface area (Å²) in [6.07, 6.45) is 4.04. The molecule has 2 bridgehead atoms. The number of nitrogens with one attached hydrogen (secondary N) is 1. The molecule has 0 aliphatic carbocycles. The van der Waals surface area contributed by atoms with Gasteiger partial charge >= 0.3 is 0 Å². The van der Waals surface area contributed by atoms with Crippen molar-refractivity contribution in [2.75, 3.05) is 14.1 Å². The third-order valence-corrected chi connectivity index (χ3v) is 4.83. The quantitative estimate of drug-likeness (QED) is 0.838.